The minimum Gasteiger partial charge on any atom is -0.412 e. The van der Waals surface area contributed by atoms with Crippen molar-refractivity contribution in [2.45, 2.75) is 0 Å². The first-order chi connectivity index (χ1) is 1.91. The van der Waals surface area contributed by atoms with Gasteiger partial charge in [-0.25, -0.2) is 0 Å². The molecule has 4 heteroatoms. The van der Waals surface area contributed by atoms with Gasteiger partial charge in [0.25, 0.3) is 0 Å². The van der Waals surface area contributed by atoms with Gasteiger partial charge in [0, 0.05) is 29.6 Å². The molecule has 0 aliphatic heterocycles. The number of hydrogen-bond donors (Lipinski definition) is 0. The molecule has 0 fully saturated rings. The molecule has 0 bridgehead atoms. The third kappa shape index (κ3) is 20.5. The Labute approximate surface area is 63.5 Å². The summed E-state index contributed by atoms with van der Waals surface area (Å²) in [7, 11) is 0. The summed E-state index contributed by atoms with van der Waals surface area (Å²) >= 11 is 4.82. The second kappa shape index (κ2) is 16.8. The number of alkyl halides is 1. The number of hydrogen-bond acceptors (Lipinski definition) is 1. The maximum absolute atomic E-state index is 9.04. The summed E-state index contributed by atoms with van der Waals surface area (Å²) in [6, 6.07) is 0. The van der Waals surface area contributed by atoms with E-state index >= 15 is 0 Å². The first-order valence-electron chi connectivity index (χ1n) is 0.911. The Kier molecular flexibility index (Phi) is 44.2. The minimum atomic E-state index is 0. The molecule has 0 aromatic heterocycles. The Morgan fingerprint density at radius 3 is 1.83 bits per heavy atom. The van der Waals surface area contributed by atoms with Gasteiger partial charge in [0.05, 0.1) is 5.88 Å². The summed E-state index contributed by atoms with van der Waals surface area (Å²) in [6.07, 6.45) is 0.640. The molecule has 33 valence electrons. The third-order valence-electron chi connectivity index (χ3n) is 0.0630. The van der Waals surface area contributed by atoms with Crippen LogP contribution in [0.25, 0.3) is 0 Å². The van der Waals surface area contributed by atoms with Gasteiger partial charge in [-0.05, 0) is 0 Å². The van der Waals surface area contributed by atoms with Crippen molar-refractivity contribution in [2.75, 3.05) is 5.88 Å². The van der Waals surface area contributed by atoms with Crippen LogP contribution in [-0.4, -0.2) is 47.2 Å². The molecule has 0 unspecified atom stereocenters. The molecule has 6 heavy (non-hydrogen) atoms. The Balaban J connectivity index is -0.0000000450. The van der Waals surface area contributed by atoms with Crippen LogP contribution in [0.2, 0.25) is 0 Å². The Bertz CT molecular complexity index is 25.5. The van der Waals surface area contributed by atoms with Crippen LogP contribution in [0.5, 0.6) is 0 Å². The van der Waals surface area contributed by atoms with E-state index in [2.05, 4.69) is 0 Å². The molecule has 0 aliphatic rings. The van der Waals surface area contributed by atoms with E-state index < -0.39 is 0 Å². The molecule has 0 saturated heterocycles. The van der Waals surface area contributed by atoms with E-state index in [1.165, 1.54) is 0 Å². The number of carbonyl (C=O) groups is 1. The maximum atomic E-state index is 9.04. The first kappa shape index (κ1) is 15.8. The Morgan fingerprint density at radius 2 is 1.83 bits per heavy atom. The summed E-state index contributed by atoms with van der Waals surface area (Å²) in [5, 5.41) is 0. The van der Waals surface area contributed by atoms with E-state index in [0.717, 1.165) is 0 Å². The van der Waals surface area contributed by atoms with Gasteiger partial charge in [-0.2, -0.15) is 0 Å². The van der Waals surface area contributed by atoms with Gasteiger partial charge < -0.3 is 10.3 Å². The average molecular weight is 120 g/mol. The smallest absolute Gasteiger partial charge is 0.134 e. The maximum Gasteiger partial charge on any atom is 0.134 e. The number of halogens is 1. The fraction of sp³-hybridized carbons (Fsp3) is 0.500. The average Bonchev–Trinajstić information content (AvgIpc) is 1.37. The van der Waals surface area contributed by atoms with Crippen molar-refractivity contribution < 1.29 is 10.3 Å². The van der Waals surface area contributed by atoms with Gasteiger partial charge >= 0.3 is 0 Å². The SMILES string of the molecule is O.O=CCCl.[Na]. The summed E-state index contributed by atoms with van der Waals surface area (Å²) in [6.45, 7) is 0. The molecule has 2 N–H and O–H groups in total. The topological polar surface area (TPSA) is 48.6 Å². The number of carbonyl (C=O) groups excluding carboxylic acids is 1. The summed E-state index contributed by atoms with van der Waals surface area (Å²) in [5.41, 5.74) is 0. The molecule has 0 aromatic rings. The molecule has 0 atom stereocenters. The van der Waals surface area contributed by atoms with Gasteiger partial charge in [-0.1, -0.05) is 0 Å². The van der Waals surface area contributed by atoms with Gasteiger partial charge in [0.15, 0.2) is 0 Å². The van der Waals surface area contributed by atoms with E-state index in [9.17, 15) is 0 Å². The van der Waals surface area contributed by atoms with Crippen molar-refractivity contribution in [3.05, 3.63) is 0 Å². The monoisotopic (exact) mass is 119 g/mol. The fourth-order valence-electron chi connectivity index (χ4n) is 0. The molecule has 0 saturated carbocycles. The Hall–Kier alpha value is 0.920. The molecule has 0 aliphatic carbocycles. The van der Waals surface area contributed by atoms with E-state index in [1.807, 2.05) is 0 Å². The van der Waals surface area contributed by atoms with Crippen LogP contribution in [0.4, 0.5) is 0 Å². The third-order valence-corrected chi connectivity index (χ3v) is 0.189. The van der Waals surface area contributed by atoms with Crippen LogP contribution in [0, 0.1) is 0 Å². The molecular formula is C2H5ClNaO2. The zero-order valence-electron chi connectivity index (χ0n) is 3.57. The number of rotatable bonds is 1. The van der Waals surface area contributed by atoms with Crippen molar-refractivity contribution in [1.82, 2.24) is 0 Å². The summed E-state index contributed by atoms with van der Waals surface area (Å²) in [4.78, 5) is 9.04. The quantitative estimate of drug-likeness (QED) is 0.254. The first-order valence-corrected chi connectivity index (χ1v) is 1.45. The van der Waals surface area contributed by atoms with Crippen LogP contribution < -0.4 is 0 Å². The second-order valence-corrected chi connectivity index (χ2v) is 0.630. The van der Waals surface area contributed by atoms with Gasteiger partial charge in [0.2, 0.25) is 0 Å². The predicted molar refractivity (Wildman–Crippen MR) is 26.2 cm³/mol. The molecule has 0 spiro atoms. The summed E-state index contributed by atoms with van der Waals surface area (Å²) in [5.74, 6) is 0.111. The van der Waals surface area contributed by atoms with Gasteiger partial charge in [0.1, 0.15) is 6.29 Å². The molecule has 0 aromatic carbocycles. The van der Waals surface area contributed by atoms with Crippen molar-refractivity contribution in [1.29, 1.82) is 0 Å². The molecule has 1 radical (unpaired) electrons. The minimum absolute atomic E-state index is 0. The molecule has 0 heterocycles. The zero-order chi connectivity index (χ0) is 3.41. The van der Waals surface area contributed by atoms with Gasteiger partial charge in [-0.3, -0.25) is 0 Å². The van der Waals surface area contributed by atoms with Crippen molar-refractivity contribution >= 4 is 47.4 Å². The van der Waals surface area contributed by atoms with Crippen LogP contribution in [0.15, 0.2) is 0 Å². The molecule has 2 nitrogen and oxygen atoms in total. The summed E-state index contributed by atoms with van der Waals surface area (Å²) < 4.78 is 0. The zero-order valence-corrected chi connectivity index (χ0v) is 6.33. The van der Waals surface area contributed by atoms with Crippen LogP contribution in [-0.2, 0) is 4.79 Å². The standard InChI is InChI=1S/C2H3ClO.Na.H2O/c3-1-2-4;;/h2H,1H2;;1H2. The van der Waals surface area contributed by atoms with Crippen molar-refractivity contribution in [2.24, 2.45) is 0 Å². The van der Waals surface area contributed by atoms with E-state index in [4.69, 9.17) is 16.4 Å². The number of aldehydes is 1. The molecule has 0 rings (SSSR count). The van der Waals surface area contributed by atoms with Crippen molar-refractivity contribution in [3.8, 4) is 0 Å². The van der Waals surface area contributed by atoms with Gasteiger partial charge in [-0.15, -0.1) is 11.6 Å². The van der Waals surface area contributed by atoms with Crippen LogP contribution >= 0.6 is 11.6 Å². The Morgan fingerprint density at radius 1 is 1.67 bits per heavy atom. The fourth-order valence-corrected chi connectivity index (χ4v) is 0. The van der Waals surface area contributed by atoms with Crippen molar-refractivity contribution in [3.63, 3.8) is 0 Å². The normalized spacial score (nSPS) is 4.17. The van der Waals surface area contributed by atoms with E-state index in [0.29, 0.717) is 6.29 Å². The second-order valence-electron chi connectivity index (χ2n) is 0.321. The van der Waals surface area contributed by atoms with E-state index in [-0.39, 0.29) is 40.9 Å². The van der Waals surface area contributed by atoms with Crippen LogP contribution in [0.3, 0.4) is 0 Å². The van der Waals surface area contributed by atoms with Crippen LogP contribution in [0.1, 0.15) is 0 Å². The molecule has 0 amide bonds. The molecular weight excluding hydrogens is 114 g/mol. The predicted octanol–water partition coefficient (Wildman–Crippen LogP) is -0.781. The largest absolute Gasteiger partial charge is 0.412 e. The van der Waals surface area contributed by atoms with E-state index in [1.54, 1.807) is 0 Å².